The summed E-state index contributed by atoms with van der Waals surface area (Å²) in [7, 11) is 1.24. The topological polar surface area (TPSA) is 103 Å². The molecule has 1 aromatic rings. The lowest BCUT2D eigenvalue weighted by molar-refractivity contribution is -0.145. The van der Waals surface area contributed by atoms with E-state index in [4.69, 9.17) is 9.47 Å². The first-order chi connectivity index (χ1) is 13.5. The zero-order valence-electron chi connectivity index (χ0n) is 17.2. The number of halogens is 1. The van der Waals surface area contributed by atoms with Crippen LogP contribution in [0.2, 0.25) is 0 Å². The van der Waals surface area contributed by atoms with Gasteiger partial charge in [-0.15, -0.1) is 0 Å². The SMILES string of the molecule is COC(=O)[C@H](C)NC(=O)[C@@]1(NC(=O)OC(C)(C)C)CCO[C@H]1c1ccc(Br)cc1. The molecule has 0 radical (unpaired) electrons. The smallest absolute Gasteiger partial charge is 0.408 e. The highest BCUT2D eigenvalue weighted by atomic mass is 79.9. The van der Waals surface area contributed by atoms with Crippen molar-refractivity contribution in [2.45, 2.75) is 57.4 Å². The van der Waals surface area contributed by atoms with Gasteiger partial charge in [0, 0.05) is 10.9 Å². The lowest BCUT2D eigenvalue weighted by Gasteiger charge is -2.35. The Hall–Kier alpha value is -2.13. The van der Waals surface area contributed by atoms with Gasteiger partial charge < -0.3 is 24.8 Å². The number of esters is 1. The van der Waals surface area contributed by atoms with E-state index in [0.717, 1.165) is 4.47 Å². The van der Waals surface area contributed by atoms with Crippen LogP contribution in [0.5, 0.6) is 0 Å². The molecule has 29 heavy (non-hydrogen) atoms. The first-order valence-electron chi connectivity index (χ1n) is 9.25. The van der Waals surface area contributed by atoms with E-state index >= 15 is 0 Å². The Bertz CT molecular complexity index is 761. The van der Waals surface area contributed by atoms with Crippen LogP contribution in [0.25, 0.3) is 0 Å². The second kappa shape index (κ2) is 9.13. The molecule has 2 N–H and O–H groups in total. The molecule has 0 unspecified atom stereocenters. The summed E-state index contributed by atoms with van der Waals surface area (Å²) in [5, 5.41) is 5.33. The fourth-order valence-corrected chi connectivity index (χ4v) is 3.36. The van der Waals surface area contributed by atoms with Crippen LogP contribution in [0.4, 0.5) is 4.79 Å². The van der Waals surface area contributed by atoms with E-state index in [1.165, 1.54) is 14.0 Å². The largest absolute Gasteiger partial charge is 0.467 e. The maximum atomic E-state index is 13.3. The Morgan fingerprint density at radius 1 is 1.24 bits per heavy atom. The molecule has 0 aromatic heterocycles. The fourth-order valence-electron chi connectivity index (χ4n) is 3.09. The van der Waals surface area contributed by atoms with Gasteiger partial charge in [0.1, 0.15) is 17.7 Å². The summed E-state index contributed by atoms with van der Waals surface area (Å²) in [5.41, 5.74) is -1.48. The van der Waals surface area contributed by atoms with Crippen LogP contribution in [0.1, 0.15) is 45.8 Å². The summed E-state index contributed by atoms with van der Waals surface area (Å²) < 4.78 is 16.8. The van der Waals surface area contributed by atoms with E-state index < -0.39 is 41.3 Å². The minimum Gasteiger partial charge on any atom is -0.467 e. The van der Waals surface area contributed by atoms with Crippen LogP contribution < -0.4 is 10.6 Å². The number of nitrogens with one attached hydrogen (secondary N) is 2. The van der Waals surface area contributed by atoms with E-state index in [1.807, 2.05) is 24.3 Å². The van der Waals surface area contributed by atoms with E-state index in [-0.39, 0.29) is 13.0 Å². The number of ether oxygens (including phenoxy) is 3. The van der Waals surface area contributed by atoms with Crippen molar-refractivity contribution in [3.8, 4) is 0 Å². The summed E-state index contributed by atoms with van der Waals surface area (Å²) in [4.78, 5) is 37.6. The van der Waals surface area contributed by atoms with E-state index in [0.29, 0.717) is 5.56 Å². The van der Waals surface area contributed by atoms with Crippen molar-refractivity contribution in [1.29, 1.82) is 0 Å². The van der Waals surface area contributed by atoms with Gasteiger partial charge in [0.25, 0.3) is 0 Å². The standard InChI is InChI=1S/C20H27BrN2O6/c1-12(16(24)27-5)22-17(25)20(23-18(26)29-19(2,3)4)10-11-28-15(20)13-6-8-14(21)9-7-13/h6-9,12,15H,10-11H2,1-5H3,(H,22,25)(H,23,26)/t12-,15-,20+/m0/s1. The number of carbonyl (C=O) groups excluding carboxylic acids is 3. The second-order valence-electron chi connectivity index (χ2n) is 7.87. The van der Waals surface area contributed by atoms with Crippen LogP contribution in [0, 0.1) is 0 Å². The molecule has 160 valence electrons. The molecule has 2 rings (SSSR count). The Morgan fingerprint density at radius 2 is 1.86 bits per heavy atom. The number of rotatable bonds is 5. The molecule has 1 aliphatic heterocycles. The number of alkyl carbamates (subject to hydrolysis) is 1. The molecule has 8 nitrogen and oxygen atoms in total. The first kappa shape index (κ1) is 23.2. The summed E-state index contributed by atoms with van der Waals surface area (Å²) in [5.74, 6) is -1.14. The third kappa shape index (κ3) is 5.70. The van der Waals surface area contributed by atoms with Gasteiger partial charge in [0.15, 0.2) is 5.54 Å². The minimum absolute atomic E-state index is 0.215. The molecule has 1 fully saturated rings. The maximum absolute atomic E-state index is 13.3. The number of hydrogen-bond acceptors (Lipinski definition) is 6. The van der Waals surface area contributed by atoms with Crippen molar-refractivity contribution in [2.24, 2.45) is 0 Å². The second-order valence-corrected chi connectivity index (χ2v) is 8.78. The molecule has 0 bridgehead atoms. The molecule has 2 amide bonds. The highest BCUT2D eigenvalue weighted by molar-refractivity contribution is 9.10. The molecular formula is C20H27BrN2O6. The highest BCUT2D eigenvalue weighted by Crippen LogP contribution is 2.39. The van der Waals surface area contributed by atoms with E-state index in [9.17, 15) is 14.4 Å². The van der Waals surface area contributed by atoms with Gasteiger partial charge in [-0.05, 0) is 45.4 Å². The summed E-state index contributed by atoms with van der Waals surface area (Å²) >= 11 is 3.38. The Balaban J connectivity index is 2.38. The van der Waals surface area contributed by atoms with Gasteiger partial charge in [0.2, 0.25) is 5.91 Å². The van der Waals surface area contributed by atoms with E-state index in [1.54, 1.807) is 20.8 Å². The zero-order valence-corrected chi connectivity index (χ0v) is 18.8. The molecular weight excluding hydrogens is 444 g/mol. The summed E-state index contributed by atoms with van der Waals surface area (Å²) in [6, 6.07) is 6.37. The van der Waals surface area contributed by atoms with Crippen LogP contribution >= 0.6 is 15.9 Å². The molecule has 0 aliphatic carbocycles. The molecule has 1 saturated heterocycles. The van der Waals surface area contributed by atoms with Crippen molar-refractivity contribution in [1.82, 2.24) is 10.6 Å². The monoisotopic (exact) mass is 470 g/mol. The van der Waals surface area contributed by atoms with Gasteiger partial charge in [-0.2, -0.15) is 0 Å². The highest BCUT2D eigenvalue weighted by Gasteiger charge is 2.53. The van der Waals surface area contributed by atoms with Gasteiger partial charge in [0.05, 0.1) is 13.7 Å². The zero-order chi connectivity index (χ0) is 21.8. The predicted octanol–water partition coefficient (Wildman–Crippen LogP) is 2.85. The normalized spacial score (nSPS) is 22.5. The van der Waals surface area contributed by atoms with Crippen LogP contribution in [0.3, 0.4) is 0 Å². The number of hydrogen-bond donors (Lipinski definition) is 2. The molecule has 1 aliphatic rings. The quantitative estimate of drug-likeness (QED) is 0.641. The lowest BCUT2D eigenvalue weighted by Crippen LogP contribution is -2.62. The molecule has 9 heteroatoms. The Morgan fingerprint density at radius 3 is 2.41 bits per heavy atom. The average molecular weight is 471 g/mol. The first-order valence-corrected chi connectivity index (χ1v) is 10.0. The fraction of sp³-hybridized carbons (Fsp3) is 0.550. The molecule has 0 saturated carbocycles. The summed E-state index contributed by atoms with van der Waals surface area (Å²) in [6.07, 6.45) is -1.29. The van der Waals surface area contributed by atoms with Gasteiger partial charge in [-0.3, -0.25) is 4.79 Å². The van der Waals surface area contributed by atoms with Crippen molar-refractivity contribution in [2.75, 3.05) is 13.7 Å². The van der Waals surface area contributed by atoms with Gasteiger partial charge in [-0.1, -0.05) is 28.1 Å². The summed E-state index contributed by atoms with van der Waals surface area (Å²) in [6.45, 7) is 6.95. The average Bonchev–Trinajstić information content (AvgIpc) is 3.04. The van der Waals surface area contributed by atoms with Gasteiger partial charge in [-0.25, -0.2) is 9.59 Å². The van der Waals surface area contributed by atoms with Crippen LogP contribution in [-0.4, -0.2) is 48.9 Å². The maximum Gasteiger partial charge on any atom is 0.408 e. The van der Waals surface area contributed by atoms with Gasteiger partial charge >= 0.3 is 12.1 Å². The molecule has 1 heterocycles. The van der Waals surface area contributed by atoms with Crippen LogP contribution in [0.15, 0.2) is 28.7 Å². The Labute approximate surface area is 178 Å². The number of methoxy groups -OCH3 is 1. The molecule has 3 atom stereocenters. The number of benzene rings is 1. The lowest BCUT2D eigenvalue weighted by atomic mass is 9.85. The third-order valence-corrected chi connectivity index (χ3v) is 4.96. The molecule has 1 aromatic carbocycles. The number of amides is 2. The Kier molecular flexibility index (Phi) is 7.29. The third-order valence-electron chi connectivity index (χ3n) is 4.43. The van der Waals surface area contributed by atoms with E-state index in [2.05, 4.69) is 31.3 Å². The number of carbonyl (C=O) groups is 3. The minimum atomic E-state index is -1.45. The van der Waals surface area contributed by atoms with Crippen LogP contribution in [-0.2, 0) is 23.8 Å². The van der Waals surface area contributed by atoms with Crippen molar-refractivity contribution < 1.29 is 28.6 Å². The predicted molar refractivity (Wildman–Crippen MR) is 109 cm³/mol. The van der Waals surface area contributed by atoms with Crippen molar-refractivity contribution >= 4 is 33.9 Å². The van der Waals surface area contributed by atoms with Crippen molar-refractivity contribution in [3.63, 3.8) is 0 Å². The van der Waals surface area contributed by atoms with Crippen molar-refractivity contribution in [3.05, 3.63) is 34.3 Å². The molecule has 0 spiro atoms.